The van der Waals surface area contributed by atoms with Crippen LogP contribution in [-0.4, -0.2) is 24.9 Å². The molecule has 7 nitrogen and oxygen atoms in total. The lowest BCUT2D eigenvalue weighted by atomic mass is 10.1. The van der Waals surface area contributed by atoms with Crippen LogP contribution >= 0.6 is 11.6 Å². The van der Waals surface area contributed by atoms with E-state index < -0.39 is 22.9 Å². The van der Waals surface area contributed by atoms with Gasteiger partial charge in [0.05, 0.1) is 17.3 Å². The van der Waals surface area contributed by atoms with Crippen molar-refractivity contribution in [2.24, 2.45) is 0 Å². The Labute approximate surface area is 157 Å². The maximum Gasteiger partial charge on any atom is 0.281 e. The number of nitrogens with zero attached hydrogens (tertiary/aromatic N) is 3. The summed E-state index contributed by atoms with van der Waals surface area (Å²) in [6.07, 6.45) is 1.62. The number of pyridine rings is 2. The first-order chi connectivity index (χ1) is 12.9. The Hall–Kier alpha value is -3.19. The van der Waals surface area contributed by atoms with Crippen LogP contribution in [0, 0.1) is 6.92 Å². The topological polar surface area (TPSA) is 101 Å². The molecule has 0 saturated heterocycles. The summed E-state index contributed by atoms with van der Waals surface area (Å²) in [6.45, 7) is 3.61. The molecule has 2 N–H and O–H groups in total. The minimum Gasteiger partial charge on any atom is -0.491 e. The summed E-state index contributed by atoms with van der Waals surface area (Å²) in [5.41, 5.74) is 0.828. The maximum atomic E-state index is 13.1. The SMILES string of the molecule is Cc1cccnc1C(C)n1nc(O)c2[nH]c3cc(Cl)ccc3c(=O)c2c1=O. The van der Waals surface area contributed by atoms with E-state index in [4.69, 9.17) is 11.6 Å². The second kappa shape index (κ2) is 6.21. The van der Waals surface area contributed by atoms with E-state index in [-0.39, 0.29) is 10.9 Å². The fourth-order valence-corrected chi connectivity index (χ4v) is 3.43. The van der Waals surface area contributed by atoms with Gasteiger partial charge >= 0.3 is 0 Å². The van der Waals surface area contributed by atoms with Gasteiger partial charge in [-0.3, -0.25) is 14.6 Å². The van der Waals surface area contributed by atoms with E-state index in [1.807, 2.05) is 13.0 Å². The van der Waals surface area contributed by atoms with E-state index in [0.717, 1.165) is 10.2 Å². The van der Waals surface area contributed by atoms with Gasteiger partial charge in [0.25, 0.3) is 11.4 Å². The highest BCUT2D eigenvalue weighted by Gasteiger charge is 2.21. The van der Waals surface area contributed by atoms with Gasteiger partial charge in [0.1, 0.15) is 10.9 Å². The first kappa shape index (κ1) is 17.2. The van der Waals surface area contributed by atoms with E-state index in [1.54, 1.807) is 37.4 Å². The van der Waals surface area contributed by atoms with Gasteiger partial charge in [-0.25, -0.2) is 4.68 Å². The molecule has 3 aromatic heterocycles. The van der Waals surface area contributed by atoms with E-state index in [2.05, 4.69) is 15.1 Å². The molecule has 1 atom stereocenters. The second-order valence-electron chi connectivity index (χ2n) is 6.35. The fourth-order valence-electron chi connectivity index (χ4n) is 3.26. The molecular formula is C19H15ClN4O3. The minimum absolute atomic E-state index is 0.0130. The van der Waals surface area contributed by atoms with Crippen LogP contribution in [0.15, 0.2) is 46.1 Å². The second-order valence-corrected chi connectivity index (χ2v) is 6.79. The van der Waals surface area contributed by atoms with Crippen molar-refractivity contribution < 1.29 is 5.11 Å². The van der Waals surface area contributed by atoms with Crippen molar-refractivity contribution in [3.05, 3.63) is 73.4 Å². The van der Waals surface area contributed by atoms with Crippen molar-refractivity contribution in [3.8, 4) is 5.88 Å². The minimum atomic E-state index is -0.599. The summed E-state index contributed by atoms with van der Waals surface area (Å²) in [5, 5.41) is 15.0. The van der Waals surface area contributed by atoms with Crippen molar-refractivity contribution in [2.75, 3.05) is 0 Å². The standard InChI is InChI=1S/C19H15ClN4O3/c1-9-4-3-7-21-15(9)10(2)24-19(27)14-16(18(26)23-24)22-13-8-11(20)5-6-12(13)17(14)25/h3-8,10H,1-2H3,(H,22,25)(H,23,26). The molecule has 0 spiro atoms. The molecule has 0 aliphatic heterocycles. The summed E-state index contributed by atoms with van der Waals surface area (Å²) in [7, 11) is 0. The zero-order valence-electron chi connectivity index (χ0n) is 14.5. The third-order valence-corrected chi connectivity index (χ3v) is 4.86. The average molecular weight is 383 g/mol. The van der Waals surface area contributed by atoms with Gasteiger partial charge in [-0.1, -0.05) is 17.7 Å². The number of hydrogen-bond donors (Lipinski definition) is 2. The highest BCUT2D eigenvalue weighted by molar-refractivity contribution is 6.31. The summed E-state index contributed by atoms with van der Waals surface area (Å²) in [5.74, 6) is -0.441. The molecule has 0 saturated carbocycles. The zero-order valence-corrected chi connectivity index (χ0v) is 15.3. The van der Waals surface area contributed by atoms with Crippen LogP contribution in [0.2, 0.25) is 5.02 Å². The number of hydrogen-bond acceptors (Lipinski definition) is 5. The Balaban J connectivity index is 2.07. The lowest BCUT2D eigenvalue weighted by molar-refractivity contribution is 0.413. The lowest BCUT2D eigenvalue weighted by Gasteiger charge is -2.16. The van der Waals surface area contributed by atoms with Crippen molar-refractivity contribution >= 4 is 33.4 Å². The maximum absolute atomic E-state index is 13.1. The number of aromatic nitrogens is 4. The van der Waals surface area contributed by atoms with Gasteiger partial charge < -0.3 is 10.1 Å². The number of rotatable bonds is 2. The quantitative estimate of drug-likeness (QED) is 0.519. The molecule has 1 unspecified atom stereocenters. The van der Waals surface area contributed by atoms with Crippen molar-refractivity contribution in [1.82, 2.24) is 19.7 Å². The number of nitrogens with one attached hydrogen (secondary N) is 1. The van der Waals surface area contributed by atoms with Crippen LogP contribution in [0.3, 0.4) is 0 Å². The van der Waals surface area contributed by atoms with Gasteiger partial charge in [0.15, 0.2) is 0 Å². The van der Waals surface area contributed by atoms with Crippen molar-refractivity contribution in [2.45, 2.75) is 19.9 Å². The van der Waals surface area contributed by atoms with Crippen LogP contribution < -0.4 is 11.0 Å². The number of aromatic amines is 1. The van der Waals surface area contributed by atoms with Crippen LogP contribution in [-0.2, 0) is 0 Å². The van der Waals surface area contributed by atoms with Crippen LogP contribution in [0.1, 0.15) is 24.2 Å². The van der Waals surface area contributed by atoms with Crippen LogP contribution in [0.4, 0.5) is 0 Å². The van der Waals surface area contributed by atoms with E-state index >= 15 is 0 Å². The molecule has 0 fully saturated rings. The third kappa shape index (κ3) is 2.67. The largest absolute Gasteiger partial charge is 0.491 e. The van der Waals surface area contributed by atoms with Crippen molar-refractivity contribution in [1.29, 1.82) is 0 Å². The summed E-state index contributed by atoms with van der Waals surface area (Å²) < 4.78 is 1.09. The molecule has 136 valence electrons. The fraction of sp³-hybridized carbons (Fsp3) is 0.158. The Kier molecular flexibility index (Phi) is 3.96. The molecule has 0 aliphatic carbocycles. The van der Waals surface area contributed by atoms with Crippen LogP contribution in [0.5, 0.6) is 5.88 Å². The smallest absolute Gasteiger partial charge is 0.281 e. The first-order valence-corrected chi connectivity index (χ1v) is 8.65. The van der Waals surface area contributed by atoms with E-state index in [9.17, 15) is 14.7 Å². The highest BCUT2D eigenvalue weighted by atomic mass is 35.5. The molecule has 0 aliphatic rings. The van der Waals surface area contributed by atoms with Crippen molar-refractivity contribution in [3.63, 3.8) is 0 Å². The summed E-state index contributed by atoms with van der Waals surface area (Å²) >= 11 is 5.97. The normalized spacial score (nSPS) is 12.6. The first-order valence-electron chi connectivity index (χ1n) is 8.27. The molecular weight excluding hydrogens is 368 g/mol. The summed E-state index contributed by atoms with van der Waals surface area (Å²) in [6, 6.07) is 7.78. The van der Waals surface area contributed by atoms with Gasteiger partial charge in [-0.2, -0.15) is 0 Å². The number of fused-ring (bicyclic) bond motifs is 2. The van der Waals surface area contributed by atoms with Gasteiger partial charge in [0, 0.05) is 16.6 Å². The predicted molar refractivity (Wildman–Crippen MR) is 104 cm³/mol. The Morgan fingerprint density at radius 3 is 2.78 bits per heavy atom. The third-order valence-electron chi connectivity index (χ3n) is 4.62. The lowest BCUT2D eigenvalue weighted by Crippen LogP contribution is -2.30. The van der Waals surface area contributed by atoms with E-state index in [0.29, 0.717) is 21.6 Å². The molecule has 4 rings (SSSR count). The zero-order chi connectivity index (χ0) is 19.3. The number of benzene rings is 1. The Morgan fingerprint density at radius 2 is 2.04 bits per heavy atom. The summed E-state index contributed by atoms with van der Waals surface area (Å²) in [4.78, 5) is 33.2. The molecule has 8 heteroatoms. The number of H-pyrrole nitrogens is 1. The molecule has 27 heavy (non-hydrogen) atoms. The highest BCUT2D eigenvalue weighted by Crippen LogP contribution is 2.23. The number of halogens is 1. The molecule has 0 radical (unpaired) electrons. The molecule has 4 aromatic rings. The van der Waals surface area contributed by atoms with Crippen LogP contribution in [0.25, 0.3) is 21.8 Å². The number of aryl methyl sites for hydroxylation is 1. The molecule has 1 aromatic carbocycles. The Bertz CT molecular complexity index is 1330. The average Bonchev–Trinajstić information content (AvgIpc) is 2.64. The van der Waals surface area contributed by atoms with Gasteiger partial charge in [-0.15, -0.1) is 5.10 Å². The number of aromatic hydroxyl groups is 1. The monoisotopic (exact) mass is 382 g/mol. The van der Waals surface area contributed by atoms with Gasteiger partial charge in [-0.05, 0) is 43.7 Å². The Morgan fingerprint density at radius 1 is 1.26 bits per heavy atom. The van der Waals surface area contributed by atoms with E-state index in [1.165, 1.54) is 0 Å². The van der Waals surface area contributed by atoms with Gasteiger partial charge in [0.2, 0.25) is 5.43 Å². The molecule has 0 amide bonds. The molecule has 0 bridgehead atoms. The molecule has 3 heterocycles. The predicted octanol–water partition coefficient (Wildman–Crippen LogP) is 2.91.